The SMILES string of the molecule is COC(=O)C1(Nc2ccc(Br)cc2)CCC(C)(C)C1. The highest BCUT2D eigenvalue weighted by Crippen LogP contribution is 2.45. The van der Waals surface area contributed by atoms with E-state index in [0.29, 0.717) is 0 Å². The van der Waals surface area contributed by atoms with Crippen molar-refractivity contribution in [3.63, 3.8) is 0 Å². The molecule has 0 aromatic heterocycles. The van der Waals surface area contributed by atoms with Gasteiger partial charge in [0.25, 0.3) is 0 Å². The number of methoxy groups -OCH3 is 1. The van der Waals surface area contributed by atoms with Crippen molar-refractivity contribution in [2.75, 3.05) is 12.4 Å². The van der Waals surface area contributed by atoms with Gasteiger partial charge < -0.3 is 10.1 Å². The van der Waals surface area contributed by atoms with Gasteiger partial charge in [-0.05, 0) is 48.9 Å². The number of anilines is 1. The number of nitrogens with one attached hydrogen (secondary N) is 1. The van der Waals surface area contributed by atoms with Gasteiger partial charge in [-0.15, -0.1) is 0 Å². The highest BCUT2D eigenvalue weighted by Gasteiger charge is 2.49. The van der Waals surface area contributed by atoms with Gasteiger partial charge in [0, 0.05) is 10.2 Å². The molecule has 1 aromatic rings. The zero-order chi connectivity index (χ0) is 14.1. The molecule has 0 heterocycles. The van der Waals surface area contributed by atoms with E-state index >= 15 is 0 Å². The van der Waals surface area contributed by atoms with Crippen LogP contribution in [0, 0.1) is 5.41 Å². The molecule has 1 atom stereocenters. The van der Waals surface area contributed by atoms with Crippen LogP contribution in [0.4, 0.5) is 5.69 Å². The molecule has 0 aliphatic heterocycles. The summed E-state index contributed by atoms with van der Waals surface area (Å²) >= 11 is 3.41. The molecular formula is C15H20BrNO2. The van der Waals surface area contributed by atoms with E-state index in [9.17, 15) is 4.79 Å². The molecule has 2 rings (SSSR count). The van der Waals surface area contributed by atoms with Gasteiger partial charge in [-0.2, -0.15) is 0 Å². The molecule has 0 radical (unpaired) electrons. The minimum absolute atomic E-state index is 0.163. The van der Waals surface area contributed by atoms with Crippen molar-refractivity contribution in [3.8, 4) is 0 Å². The molecule has 19 heavy (non-hydrogen) atoms. The van der Waals surface area contributed by atoms with Crippen LogP contribution in [-0.4, -0.2) is 18.6 Å². The monoisotopic (exact) mass is 325 g/mol. The second kappa shape index (κ2) is 5.16. The number of hydrogen-bond donors (Lipinski definition) is 1. The molecule has 4 heteroatoms. The number of halogens is 1. The Labute approximate surface area is 122 Å². The molecular weight excluding hydrogens is 306 g/mol. The second-order valence-electron chi connectivity index (χ2n) is 6.05. The van der Waals surface area contributed by atoms with Gasteiger partial charge in [0.1, 0.15) is 5.54 Å². The lowest BCUT2D eigenvalue weighted by Gasteiger charge is -2.30. The van der Waals surface area contributed by atoms with Crippen molar-refractivity contribution < 1.29 is 9.53 Å². The average Bonchev–Trinajstić information content (AvgIpc) is 2.68. The lowest BCUT2D eigenvalue weighted by atomic mass is 9.87. The number of hydrogen-bond acceptors (Lipinski definition) is 3. The van der Waals surface area contributed by atoms with Crippen LogP contribution in [0.25, 0.3) is 0 Å². The Morgan fingerprint density at radius 2 is 1.89 bits per heavy atom. The number of ether oxygens (including phenoxy) is 1. The fraction of sp³-hybridized carbons (Fsp3) is 0.533. The maximum atomic E-state index is 12.2. The standard InChI is InChI=1S/C15H20BrNO2/c1-14(2)8-9-15(10-14,13(18)19-3)17-12-6-4-11(16)5-7-12/h4-7,17H,8-10H2,1-3H3. The first kappa shape index (κ1) is 14.4. The molecule has 1 saturated carbocycles. The maximum absolute atomic E-state index is 12.2. The number of carbonyl (C=O) groups excluding carboxylic acids is 1. The Kier molecular flexibility index (Phi) is 3.90. The van der Waals surface area contributed by atoms with Crippen LogP contribution >= 0.6 is 15.9 Å². The van der Waals surface area contributed by atoms with E-state index in [-0.39, 0.29) is 11.4 Å². The van der Waals surface area contributed by atoms with Crippen LogP contribution in [0.15, 0.2) is 28.7 Å². The van der Waals surface area contributed by atoms with Gasteiger partial charge in [-0.3, -0.25) is 0 Å². The van der Waals surface area contributed by atoms with Gasteiger partial charge in [0.2, 0.25) is 0 Å². The lowest BCUT2D eigenvalue weighted by molar-refractivity contribution is -0.146. The summed E-state index contributed by atoms with van der Waals surface area (Å²) in [6, 6.07) is 7.88. The molecule has 1 fully saturated rings. The summed E-state index contributed by atoms with van der Waals surface area (Å²) in [5.41, 5.74) is 0.522. The van der Waals surface area contributed by atoms with Gasteiger partial charge in [-0.1, -0.05) is 29.8 Å². The van der Waals surface area contributed by atoms with E-state index in [1.165, 1.54) is 7.11 Å². The van der Waals surface area contributed by atoms with Gasteiger partial charge in [0.05, 0.1) is 7.11 Å². The normalized spacial score (nSPS) is 25.1. The van der Waals surface area contributed by atoms with Crippen molar-refractivity contribution in [2.24, 2.45) is 5.41 Å². The Balaban J connectivity index is 2.25. The van der Waals surface area contributed by atoms with Crippen LogP contribution in [0.1, 0.15) is 33.1 Å². The van der Waals surface area contributed by atoms with Crippen LogP contribution in [0.5, 0.6) is 0 Å². The first-order chi connectivity index (χ1) is 8.87. The van der Waals surface area contributed by atoms with Crippen molar-refractivity contribution in [1.29, 1.82) is 0 Å². The van der Waals surface area contributed by atoms with Gasteiger partial charge in [0.15, 0.2) is 0 Å². The van der Waals surface area contributed by atoms with Crippen LogP contribution in [0.3, 0.4) is 0 Å². The predicted octanol–water partition coefficient (Wildman–Crippen LogP) is 3.98. The molecule has 0 spiro atoms. The fourth-order valence-corrected chi connectivity index (χ4v) is 3.15. The molecule has 0 amide bonds. The van der Waals surface area contributed by atoms with Crippen molar-refractivity contribution in [3.05, 3.63) is 28.7 Å². The van der Waals surface area contributed by atoms with E-state index < -0.39 is 5.54 Å². The zero-order valence-electron chi connectivity index (χ0n) is 11.6. The van der Waals surface area contributed by atoms with Gasteiger partial charge >= 0.3 is 5.97 Å². The number of benzene rings is 1. The van der Waals surface area contributed by atoms with Crippen LogP contribution in [-0.2, 0) is 9.53 Å². The number of rotatable bonds is 3. The zero-order valence-corrected chi connectivity index (χ0v) is 13.2. The molecule has 1 aliphatic rings. The number of carbonyl (C=O) groups is 1. The molecule has 0 bridgehead atoms. The smallest absolute Gasteiger partial charge is 0.331 e. The van der Waals surface area contributed by atoms with Crippen molar-refractivity contribution in [1.82, 2.24) is 0 Å². The summed E-state index contributed by atoms with van der Waals surface area (Å²) in [5, 5.41) is 3.39. The number of esters is 1. The quantitative estimate of drug-likeness (QED) is 0.854. The first-order valence-corrected chi connectivity index (χ1v) is 7.28. The summed E-state index contributed by atoms with van der Waals surface area (Å²) in [7, 11) is 1.46. The fourth-order valence-electron chi connectivity index (χ4n) is 2.88. The summed E-state index contributed by atoms with van der Waals surface area (Å²) in [5.74, 6) is -0.166. The Bertz CT molecular complexity index is 470. The third kappa shape index (κ3) is 3.11. The largest absolute Gasteiger partial charge is 0.467 e. The second-order valence-corrected chi connectivity index (χ2v) is 6.96. The topological polar surface area (TPSA) is 38.3 Å². The highest BCUT2D eigenvalue weighted by molar-refractivity contribution is 9.10. The van der Waals surface area contributed by atoms with Crippen LogP contribution in [0.2, 0.25) is 0 Å². The van der Waals surface area contributed by atoms with E-state index in [1.54, 1.807) is 0 Å². The van der Waals surface area contributed by atoms with Crippen molar-refractivity contribution in [2.45, 2.75) is 38.6 Å². The van der Waals surface area contributed by atoms with E-state index in [2.05, 4.69) is 35.1 Å². The summed E-state index contributed by atoms with van der Waals surface area (Å²) < 4.78 is 6.04. The predicted molar refractivity (Wildman–Crippen MR) is 80.1 cm³/mol. The molecule has 104 valence electrons. The molecule has 1 unspecified atom stereocenters. The van der Waals surface area contributed by atoms with Gasteiger partial charge in [-0.25, -0.2) is 4.79 Å². The Hall–Kier alpha value is -1.03. The first-order valence-electron chi connectivity index (χ1n) is 6.49. The third-order valence-corrected chi connectivity index (χ3v) is 4.34. The minimum atomic E-state index is -0.591. The summed E-state index contributed by atoms with van der Waals surface area (Å²) in [4.78, 5) is 12.2. The Morgan fingerprint density at radius 3 is 2.37 bits per heavy atom. The minimum Gasteiger partial charge on any atom is -0.467 e. The lowest BCUT2D eigenvalue weighted by Crippen LogP contribution is -2.45. The molecule has 1 aliphatic carbocycles. The molecule has 1 N–H and O–H groups in total. The molecule has 3 nitrogen and oxygen atoms in total. The average molecular weight is 326 g/mol. The summed E-state index contributed by atoms with van der Waals surface area (Å²) in [6.07, 6.45) is 2.62. The highest BCUT2D eigenvalue weighted by atomic mass is 79.9. The van der Waals surface area contributed by atoms with Crippen LogP contribution < -0.4 is 5.32 Å². The Morgan fingerprint density at radius 1 is 1.26 bits per heavy atom. The van der Waals surface area contributed by atoms with E-state index in [1.807, 2.05) is 24.3 Å². The van der Waals surface area contributed by atoms with E-state index in [4.69, 9.17) is 4.74 Å². The molecule has 0 saturated heterocycles. The van der Waals surface area contributed by atoms with Crippen molar-refractivity contribution >= 4 is 27.6 Å². The van der Waals surface area contributed by atoms with E-state index in [0.717, 1.165) is 29.4 Å². The summed E-state index contributed by atoms with van der Waals surface area (Å²) in [6.45, 7) is 4.39. The molecule has 1 aromatic carbocycles. The maximum Gasteiger partial charge on any atom is 0.331 e. The third-order valence-electron chi connectivity index (χ3n) is 3.81.